The monoisotopic (exact) mass is 544 g/mol. The van der Waals surface area contributed by atoms with E-state index in [0.29, 0.717) is 27.7 Å². The molecule has 36 heavy (non-hydrogen) atoms. The second-order valence-corrected chi connectivity index (χ2v) is 10.6. The van der Waals surface area contributed by atoms with Crippen LogP contribution < -0.4 is 14.8 Å². The number of ether oxygens (including phenoxy) is 1. The Morgan fingerprint density at radius 3 is 2.47 bits per heavy atom. The summed E-state index contributed by atoms with van der Waals surface area (Å²) in [5.41, 5.74) is 2.51. The predicted molar refractivity (Wildman–Crippen MR) is 139 cm³/mol. The lowest BCUT2D eigenvalue weighted by Crippen LogP contribution is -2.14. The second kappa shape index (κ2) is 11.0. The quantitative estimate of drug-likeness (QED) is 0.274. The fourth-order valence-corrected chi connectivity index (χ4v) is 4.87. The number of aryl methyl sites for hydroxylation is 1. The number of carbonyl (C=O) groups is 1. The zero-order valence-corrected chi connectivity index (χ0v) is 21.6. The number of nitrogens with zero attached hydrogens (tertiary/aromatic N) is 2. The smallest absolute Gasteiger partial charge is 0.277 e. The largest absolute Gasteiger partial charge is 0.497 e. The Balaban J connectivity index is 1.35. The van der Waals surface area contributed by atoms with Gasteiger partial charge in [0.2, 0.25) is 11.8 Å². The first kappa shape index (κ1) is 25.5. The molecular formula is C24H21ClN4O5S2. The third-order valence-corrected chi connectivity index (χ3v) is 7.41. The van der Waals surface area contributed by atoms with Crippen LogP contribution in [-0.4, -0.2) is 37.4 Å². The maximum Gasteiger partial charge on any atom is 0.277 e. The van der Waals surface area contributed by atoms with Crippen LogP contribution in [0.2, 0.25) is 5.02 Å². The van der Waals surface area contributed by atoms with Crippen molar-refractivity contribution >= 4 is 50.7 Å². The number of nitrogens with one attached hydrogen (secondary N) is 2. The van der Waals surface area contributed by atoms with E-state index in [-0.39, 0.29) is 27.7 Å². The van der Waals surface area contributed by atoms with E-state index in [1.54, 1.807) is 48.5 Å². The zero-order chi connectivity index (χ0) is 25.7. The molecule has 0 radical (unpaired) electrons. The fourth-order valence-electron chi connectivity index (χ4n) is 3.08. The molecule has 0 fully saturated rings. The number of hydrogen-bond donors (Lipinski definition) is 2. The van der Waals surface area contributed by atoms with Crippen LogP contribution >= 0.6 is 23.4 Å². The van der Waals surface area contributed by atoms with Crippen molar-refractivity contribution in [3.8, 4) is 17.2 Å². The van der Waals surface area contributed by atoms with Crippen LogP contribution in [0.4, 0.5) is 11.4 Å². The SMILES string of the molecule is COc1ccc(S(=O)(=O)Nc2ccc(-c3nnc(SCC(=O)Nc4cc(Cl)ccc4C)o3)cc2)cc1. The normalized spacial score (nSPS) is 11.2. The number of hydrogen-bond acceptors (Lipinski definition) is 8. The van der Waals surface area contributed by atoms with Crippen LogP contribution in [-0.2, 0) is 14.8 Å². The maximum atomic E-state index is 12.6. The molecule has 4 aromatic rings. The van der Waals surface area contributed by atoms with Gasteiger partial charge in [-0.2, -0.15) is 0 Å². The van der Waals surface area contributed by atoms with Crippen LogP contribution in [0.1, 0.15) is 5.56 Å². The Morgan fingerprint density at radius 1 is 1.06 bits per heavy atom. The van der Waals surface area contributed by atoms with Crippen LogP contribution in [0.15, 0.2) is 81.3 Å². The first-order valence-electron chi connectivity index (χ1n) is 10.5. The minimum Gasteiger partial charge on any atom is -0.497 e. The van der Waals surface area contributed by atoms with E-state index < -0.39 is 10.0 Å². The second-order valence-electron chi connectivity index (χ2n) is 7.53. The third kappa shape index (κ3) is 6.36. The third-order valence-electron chi connectivity index (χ3n) is 4.96. The molecular weight excluding hydrogens is 524 g/mol. The number of aromatic nitrogens is 2. The molecule has 0 aliphatic rings. The summed E-state index contributed by atoms with van der Waals surface area (Å²) in [6.45, 7) is 1.87. The highest BCUT2D eigenvalue weighted by Crippen LogP contribution is 2.26. The molecule has 2 N–H and O–H groups in total. The Kier molecular flexibility index (Phi) is 7.82. The highest BCUT2D eigenvalue weighted by molar-refractivity contribution is 7.99. The molecule has 1 aromatic heterocycles. The average Bonchev–Trinajstić information content (AvgIpc) is 3.34. The number of benzene rings is 3. The summed E-state index contributed by atoms with van der Waals surface area (Å²) < 4.78 is 38.4. The predicted octanol–water partition coefficient (Wildman–Crippen LogP) is 5.24. The molecule has 0 aliphatic heterocycles. The molecule has 12 heteroatoms. The highest BCUT2D eigenvalue weighted by atomic mass is 35.5. The first-order chi connectivity index (χ1) is 17.2. The van der Waals surface area contributed by atoms with Crippen LogP contribution in [0, 0.1) is 6.92 Å². The van der Waals surface area contributed by atoms with Gasteiger partial charge in [-0.05, 0) is 73.2 Å². The van der Waals surface area contributed by atoms with Gasteiger partial charge in [0.15, 0.2) is 0 Å². The van der Waals surface area contributed by atoms with E-state index in [4.69, 9.17) is 20.8 Å². The fraction of sp³-hybridized carbons (Fsp3) is 0.125. The lowest BCUT2D eigenvalue weighted by atomic mass is 10.2. The number of sulfonamides is 1. The summed E-state index contributed by atoms with van der Waals surface area (Å²) in [4.78, 5) is 12.4. The molecule has 0 aliphatic carbocycles. The first-order valence-corrected chi connectivity index (χ1v) is 13.4. The Morgan fingerprint density at radius 2 is 1.78 bits per heavy atom. The van der Waals surface area contributed by atoms with Gasteiger partial charge < -0.3 is 14.5 Å². The molecule has 1 amide bonds. The molecule has 0 unspecified atom stereocenters. The minimum absolute atomic E-state index is 0.0691. The van der Waals surface area contributed by atoms with Gasteiger partial charge in [0.1, 0.15) is 5.75 Å². The van der Waals surface area contributed by atoms with Crippen molar-refractivity contribution in [1.29, 1.82) is 0 Å². The van der Waals surface area contributed by atoms with Crippen molar-refractivity contribution in [3.63, 3.8) is 0 Å². The summed E-state index contributed by atoms with van der Waals surface area (Å²) >= 11 is 7.08. The molecule has 0 saturated heterocycles. The van der Waals surface area contributed by atoms with E-state index in [9.17, 15) is 13.2 Å². The van der Waals surface area contributed by atoms with Crippen molar-refractivity contribution in [2.75, 3.05) is 22.9 Å². The number of methoxy groups -OCH3 is 1. The summed E-state index contributed by atoms with van der Waals surface area (Å²) in [6, 6.07) is 17.8. The Bertz CT molecular complexity index is 1470. The summed E-state index contributed by atoms with van der Waals surface area (Å²) in [5, 5.41) is 11.5. The van der Waals surface area contributed by atoms with Gasteiger partial charge >= 0.3 is 0 Å². The van der Waals surface area contributed by atoms with Gasteiger partial charge in [-0.15, -0.1) is 10.2 Å². The molecule has 186 valence electrons. The van der Waals surface area contributed by atoms with Crippen molar-refractivity contribution in [2.45, 2.75) is 17.0 Å². The molecule has 0 spiro atoms. The summed E-state index contributed by atoms with van der Waals surface area (Å²) in [6.07, 6.45) is 0. The topological polar surface area (TPSA) is 123 Å². The van der Waals surface area contributed by atoms with E-state index in [2.05, 4.69) is 20.2 Å². The number of amides is 1. The lowest BCUT2D eigenvalue weighted by molar-refractivity contribution is -0.113. The van der Waals surface area contributed by atoms with Crippen molar-refractivity contribution < 1.29 is 22.4 Å². The van der Waals surface area contributed by atoms with Crippen molar-refractivity contribution in [1.82, 2.24) is 10.2 Å². The van der Waals surface area contributed by atoms with Crippen LogP contribution in [0.5, 0.6) is 5.75 Å². The van der Waals surface area contributed by atoms with Gasteiger partial charge in [0.05, 0.1) is 17.8 Å². The zero-order valence-electron chi connectivity index (χ0n) is 19.2. The van der Waals surface area contributed by atoms with Crippen LogP contribution in [0.25, 0.3) is 11.5 Å². The Labute approximate surface area is 217 Å². The molecule has 3 aromatic carbocycles. The van der Waals surface area contributed by atoms with E-state index in [1.165, 1.54) is 19.2 Å². The van der Waals surface area contributed by atoms with E-state index in [1.807, 2.05) is 13.0 Å². The number of rotatable bonds is 9. The lowest BCUT2D eigenvalue weighted by Gasteiger charge is -2.09. The summed E-state index contributed by atoms with van der Waals surface area (Å²) in [7, 11) is -2.25. The summed E-state index contributed by atoms with van der Waals surface area (Å²) in [5.74, 6) is 0.638. The number of anilines is 2. The van der Waals surface area contributed by atoms with Crippen molar-refractivity contribution in [3.05, 3.63) is 77.3 Å². The molecule has 1 heterocycles. The molecule has 9 nitrogen and oxygen atoms in total. The molecule has 0 saturated carbocycles. The van der Waals surface area contributed by atoms with E-state index >= 15 is 0 Å². The highest BCUT2D eigenvalue weighted by Gasteiger charge is 2.16. The maximum absolute atomic E-state index is 12.6. The standard InChI is InChI=1S/C24H21ClN4O5S2/c1-15-3-6-17(25)13-21(15)26-22(30)14-35-24-28-27-23(34-24)16-4-7-18(8-5-16)29-36(31,32)20-11-9-19(33-2)10-12-20/h3-13,29H,14H2,1-2H3,(H,26,30). The van der Waals surface area contributed by atoms with E-state index in [0.717, 1.165) is 17.3 Å². The molecule has 4 rings (SSSR count). The van der Waals surface area contributed by atoms with Gasteiger partial charge in [0.25, 0.3) is 15.2 Å². The number of carbonyl (C=O) groups excluding carboxylic acids is 1. The molecule has 0 bridgehead atoms. The van der Waals surface area contributed by atoms with Gasteiger partial charge in [-0.3, -0.25) is 9.52 Å². The molecule has 0 atom stereocenters. The van der Waals surface area contributed by atoms with Gasteiger partial charge in [-0.25, -0.2) is 8.42 Å². The minimum atomic E-state index is -3.76. The number of halogens is 1. The van der Waals surface area contributed by atoms with Crippen molar-refractivity contribution in [2.24, 2.45) is 0 Å². The van der Waals surface area contributed by atoms with Gasteiger partial charge in [0, 0.05) is 22.0 Å². The average molecular weight is 545 g/mol. The Hall–Kier alpha value is -3.54. The van der Waals surface area contributed by atoms with Gasteiger partial charge in [-0.1, -0.05) is 29.4 Å². The van der Waals surface area contributed by atoms with Crippen LogP contribution in [0.3, 0.4) is 0 Å². The number of thioether (sulfide) groups is 1.